The van der Waals surface area contributed by atoms with Gasteiger partial charge in [-0.15, -0.1) is 0 Å². The maximum Gasteiger partial charge on any atom is 0.126 e. The monoisotopic (exact) mass is 111 g/mol. The quantitative estimate of drug-likeness (QED) is 0.448. The summed E-state index contributed by atoms with van der Waals surface area (Å²) < 4.78 is 12.3. The molecule has 1 atom stereocenters. The van der Waals surface area contributed by atoms with Gasteiger partial charge in [0.25, 0.3) is 0 Å². The summed E-state index contributed by atoms with van der Waals surface area (Å²) >= 11 is 0. The summed E-state index contributed by atoms with van der Waals surface area (Å²) in [4.78, 5) is 0. The van der Waals surface area contributed by atoms with Crippen molar-refractivity contribution in [1.29, 1.82) is 0 Å². The summed E-state index contributed by atoms with van der Waals surface area (Å²) in [7, 11) is 0. The fraction of sp³-hybridized carbons (Fsp3) is 0.286. The second-order valence-corrected chi connectivity index (χ2v) is 1.91. The lowest BCUT2D eigenvalue weighted by Crippen LogP contribution is -1.97. The Hall–Kier alpha value is -0.590. The van der Waals surface area contributed by atoms with Crippen molar-refractivity contribution in [3.8, 4) is 0 Å². The Kier molecular flexibility index (Phi) is 1.47. The first-order valence-corrected chi connectivity index (χ1v) is 2.63. The minimum absolute atomic E-state index is 0.861. The van der Waals surface area contributed by atoms with Crippen LogP contribution in [0, 0.1) is 6.42 Å². The molecular formula is C7H8F. The van der Waals surface area contributed by atoms with Crippen LogP contribution < -0.4 is 0 Å². The van der Waals surface area contributed by atoms with Gasteiger partial charge < -0.3 is 0 Å². The van der Waals surface area contributed by atoms with Gasteiger partial charge in [-0.05, 0) is 13.0 Å². The molecule has 43 valence electrons. The predicted molar refractivity (Wildman–Crippen MR) is 32.1 cm³/mol. The third kappa shape index (κ3) is 1.19. The van der Waals surface area contributed by atoms with Gasteiger partial charge in [0.15, 0.2) is 0 Å². The Bertz CT molecular complexity index is 133. The molecule has 1 unspecified atom stereocenters. The molecule has 0 N–H and O–H groups in total. The van der Waals surface area contributed by atoms with Crippen molar-refractivity contribution < 1.29 is 4.39 Å². The smallest absolute Gasteiger partial charge is 0.126 e. The van der Waals surface area contributed by atoms with Crippen molar-refractivity contribution >= 4 is 0 Å². The Morgan fingerprint density at radius 1 is 1.62 bits per heavy atom. The highest BCUT2D eigenvalue weighted by Crippen LogP contribution is 2.10. The average molecular weight is 111 g/mol. The van der Waals surface area contributed by atoms with Crippen LogP contribution in [0.4, 0.5) is 4.39 Å². The molecule has 1 radical (unpaired) electrons. The number of hydrogen-bond donors (Lipinski definition) is 0. The van der Waals surface area contributed by atoms with Crippen LogP contribution in [-0.2, 0) is 0 Å². The van der Waals surface area contributed by atoms with Gasteiger partial charge in [0.05, 0.1) is 0 Å². The lowest BCUT2D eigenvalue weighted by atomic mass is 10.1. The summed E-state index contributed by atoms with van der Waals surface area (Å²) in [6.45, 7) is 1.88. The van der Waals surface area contributed by atoms with E-state index in [1.807, 2.05) is 13.0 Å². The van der Waals surface area contributed by atoms with E-state index in [1.165, 1.54) is 6.42 Å². The molecule has 0 amide bonds. The van der Waals surface area contributed by atoms with E-state index in [4.69, 9.17) is 0 Å². The SMILES string of the molecule is CC1=CC(F)[CH]C=C1. The Morgan fingerprint density at radius 3 is 2.75 bits per heavy atom. The summed E-state index contributed by atoms with van der Waals surface area (Å²) in [6, 6.07) is 0. The van der Waals surface area contributed by atoms with Gasteiger partial charge in [0, 0.05) is 6.42 Å². The topological polar surface area (TPSA) is 0 Å². The fourth-order valence-corrected chi connectivity index (χ4v) is 0.676. The Morgan fingerprint density at radius 2 is 2.38 bits per heavy atom. The zero-order valence-electron chi connectivity index (χ0n) is 4.76. The fourth-order valence-electron chi connectivity index (χ4n) is 0.676. The number of hydrogen-bond acceptors (Lipinski definition) is 0. The number of rotatable bonds is 0. The minimum Gasteiger partial charge on any atom is -0.242 e. The van der Waals surface area contributed by atoms with Gasteiger partial charge in [-0.1, -0.05) is 17.7 Å². The highest BCUT2D eigenvalue weighted by atomic mass is 19.1. The van der Waals surface area contributed by atoms with E-state index in [0.717, 1.165) is 5.57 Å². The minimum atomic E-state index is -0.861. The molecule has 0 aliphatic heterocycles. The molecule has 0 aromatic rings. The van der Waals surface area contributed by atoms with Gasteiger partial charge >= 0.3 is 0 Å². The molecule has 0 saturated carbocycles. The van der Waals surface area contributed by atoms with Crippen LogP contribution in [0.15, 0.2) is 23.8 Å². The molecule has 0 saturated heterocycles. The first kappa shape index (κ1) is 5.54. The van der Waals surface area contributed by atoms with E-state index in [0.29, 0.717) is 0 Å². The van der Waals surface area contributed by atoms with Gasteiger partial charge in [0.2, 0.25) is 0 Å². The summed E-state index contributed by atoms with van der Waals surface area (Å²) in [5.74, 6) is 0. The zero-order chi connectivity index (χ0) is 5.98. The van der Waals surface area contributed by atoms with E-state index in [1.54, 1.807) is 12.2 Å². The van der Waals surface area contributed by atoms with Crippen LogP contribution in [0.5, 0.6) is 0 Å². The van der Waals surface area contributed by atoms with Crippen molar-refractivity contribution in [3.63, 3.8) is 0 Å². The van der Waals surface area contributed by atoms with E-state index in [2.05, 4.69) is 0 Å². The Balaban J connectivity index is 2.63. The maximum absolute atomic E-state index is 12.3. The number of allylic oxidation sites excluding steroid dienone is 4. The average Bonchev–Trinajstić information content (AvgIpc) is 1.64. The van der Waals surface area contributed by atoms with Crippen LogP contribution in [0.25, 0.3) is 0 Å². The van der Waals surface area contributed by atoms with E-state index in [-0.39, 0.29) is 0 Å². The molecule has 0 bridgehead atoms. The van der Waals surface area contributed by atoms with Crippen LogP contribution >= 0.6 is 0 Å². The van der Waals surface area contributed by atoms with E-state index < -0.39 is 6.17 Å². The molecule has 0 aromatic carbocycles. The Labute approximate surface area is 48.7 Å². The van der Waals surface area contributed by atoms with E-state index >= 15 is 0 Å². The van der Waals surface area contributed by atoms with Crippen molar-refractivity contribution in [2.45, 2.75) is 13.1 Å². The summed E-state index contributed by atoms with van der Waals surface area (Å²) in [5, 5.41) is 0. The predicted octanol–water partition coefficient (Wildman–Crippen LogP) is 2.04. The second kappa shape index (κ2) is 2.12. The molecule has 8 heavy (non-hydrogen) atoms. The van der Waals surface area contributed by atoms with E-state index in [9.17, 15) is 4.39 Å². The van der Waals surface area contributed by atoms with Crippen LogP contribution in [0.1, 0.15) is 6.92 Å². The molecule has 0 aromatic heterocycles. The van der Waals surface area contributed by atoms with Gasteiger partial charge in [-0.2, -0.15) is 0 Å². The van der Waals surface area contributed by atoms with Gasteiger partial charge in [-0.3, -0.25) is 0 Å². The lowest BCUT2D eigenvalue weighted by molar-refractivity contribution is 0.449. The molecule has 1 aliphatic rings. The van der Waals surface area contributed by atoms with Crippen LogP contribution in [-0.4, -0.2) is 6.17 Å². The second-order valence-electron chi connectivity index (χ2n) is 1.91. The van der Waals surface area contributed by atoms with Crippen LogP contribution in [0.2, 0.25) is 0 Å². The van der Waals surface area contributed by atoms with Crippen LogP contribution in [0.3, 0.4) is 0 Å². The highest BCUT2D eigenvalue weighted by Gasteiger charge is 2.02. The van der Waals surface area contributed by atoms with Crippen molar-refractivity contribution in [3.05, 3.63) is 30.2 Å². The molecular weight excluding hydrogens is 103 g/mol. The molecule has 1 rings (SSSR count). The first-order valence-electron chi connectivity index (χ1n) is 2.63. The molecule has 0 fully saturated rings. The molecule has 0 nitrogen and oxygen atoms in total. The van der Waals surface area contributed by atoms with Crippen molar-refractivity contribution in [2.75, 3.05) is 0 Å². The standard InChI is InChI=1S/C7H8F/c1-6-3-2-4-7(8)5-6/h2-5,7H,1H3. The molecule has 1 heteroatoms. The highest BCUT2D eigenvalue weighted by molar-refractivity contribution is 5.27. The largest absolute Gasteiger partial charge is 0.242 e. The number of halogens is 1. The number of alkyl halides is 1. The maximum atomic E-state index is 12.3. The third-order valence-electron chi connectivity index (χ3n) is 1.08. The summed E-state index contributed by atoms with van der Waals surface area (Å²) in [6.07, 6.45) is 5.86. The molecule has 0 heterocycles. The molecule has 0 spiro atoms. The lowest BCUT2D eigenvalue weighted by Gasteiger charge is -2.03. The third-order valence-corrected chi connectivity index (χ3v) is 1.08. The van der Waals surface area contributed by atoms with Crippen molar-refractivity contribution in [1.82, 2.24) is 0 Å². The zero-order valence-corrected chi connectivity index (χ0v) is 4.76. The van der Waals surface area contributed by atoms with Gasteiger partial charge in [-0.25, -0.2) is 4.39 Å². The first-order chi connectivity index (χ1) is 3.79. The normalized spacial score (nSPS) is 27.8. The summed E-state index contributed by atoms with van der Waals surface area (Å²) in [5.41, 5.74) is 1.00. The molecule has 1 aliphatic carbocycles. The van der Waals surface area contributed by atoms with Gasteiger partial charge in [0.1, 0.15) is 6.17 Å². The van der Waals surface area contributed by atoms with Crippen molar-refractivity contribution in [2.24, 2.45) is 0 Å².